The van der Waals surface area contributed by atoms with Gasteiger partial charge in [0, 0.05) is 19.1 Å². The van der Waals surface area contributed by atoms with E-state index in [4.69, 9.17) is 4.74 Å². The molecule has 15 heavy (non-hydrogen) atoms. The number of rotatable bonds is 4. The first-order valence-electron chi connectivity index (χ1n) is 5.93. The third-order valence-corrected chi connectivity index (χ3v) is 2.84. The van der Waals surface area contributed by atoms with Crippen molar-refractivity contribution >= 4 is 6.09 Å². The summed E-state index contributed by atoms with van der Waals surface area (Å²) in [7, 11) is 0. The quantitative estimate of drug-likeness (QED) is 0.773. The molecule has 0 aromatic rings. The summed E-state index contributed by atoms with van der Waals surface area (Å²) in [5.74, 6) is 0. The zero-order valence-corrected chi connectivity index (χ0v) is 9.79. The molecule has 0 aromatic heterocycles. The van der Waals surface area contributed by atoms with Crippen LogP contribution in [-0.4, -0.2) is 43.3 Å². The first-order valence-corrected chi connectivity index (χ1v) is 5.93. The van der Waals surface area contributed by atoms with Gasteiger partial charge in [-0.3, -0.25) is 0 Å². The van der Waals surface area contributed by atoms with Crippen molar-refractivity contribution in [3.8, 4) is 0 Å². The Morgan fingerprint density at radius 3 is 2.67 bits per heavy atom. The molecule has 1 heterocycles. The molecule has 0 unspecified atom stereocenters. The average Bonchev–Trinajstić information content (AvgIpc) is 2.29. The van der Waals surface area contributed by atoms with E-state index < -0.39 is 0 Å². The molecule has 88 valence electrons. The van der Waals surface area contributed by atoms with E-state index in [2.05, 4.69) is 5.32 Å². The monoisotopic (exact) mass is 214 g/mol. The van der Waals surface area contributed by atoms with Crippen LogP contribution in [0.4, 0.5) is 4.79 Å². The molecule has 0 aromatic carbocycles. The summed E-state index contributed by atoms with van der Waals surface area (Å²) in [4.78, 5) is 13.2. The molecule has 1 amide bonds. The minimum Gasteiger partial charge on any atom is -0.448 e. The number of hydrogen-bond acceptors (Lipinski definition) is 3. The third kappa shape index (κ3) is 4.08. The van der Waals surface area contributed by atoms with E-state index in [-0.39, 0.29) is 6.09 Å². The van der Waals surface area contributed by atoms with Crippen LogP contribution in [0, 0.1) is 0 Å². The second-order valence-corrected chi connectivity index (χ2v) is 3.90. The number of carbonyl (C=O) groups is 1. The van der Waals surface area contributed by atoms with Gasteiger partial charge in [0.2, 0.25) is 0 Å². The van der Waals surface area contributed by atoms with E-state index in [0.717, 1.165) is 13.0 Å². The maximum atomic E-state index is 11.5. The Morgan fingerprint density at radius 1 is 1.40 bits per heavy atom. The summed E-state index contributed by atoms with van der Waals surface area (Å²) in [5.41, 5.74) is 0. The van der Waals surface area contributed by atoms with Crippen LogP contribution in [0.3, 0.4) is 0 Å². The minimum absolute atomic E-state index is 0.188. The van der Waals surface area contributed by atoms with Gasteiger partial charge in [0.15, 0.2) is 0 Å². The standard InChI is InChI=1S/C11H22N2O2/c1-3-13(4-2)11(14)15-9-10-7-5-6-8-12-10/h10,12H,3-9H2,1-2H3/t10-/m0/s1. The van der Waals surface area contributed by atoms with Crippen molar-refractivity contribution in [2.45, 2.75) is 39.2 Å². The number of nitrogens with one attached hydrogen (secondary N) is 1. The SMILES string of the molecule is CCN(CC)C(=O)OC[C@@H]1CCCCN1. The van der Waals surface area contributed by atoms with Crippen LogP contribution >= 0.6 is 0 Å². The van der Waals surface area contributed by atoms with E-state index >= 15 is 0 Å². The van der Waals surface area contributed by atoms with Gasteiger partial charge in [0.05, 0.1) is 0 Å². The molecule has 1 fully saturated rings. The van der Waals surface area contributed by atoms with Crippen LogP contribution in [0.5, 0.6) is 0 Å². The van der Waals surface area contributed by atoms with Gasteiger partial charge >= 0.3 is 6.09 Å². The Labute approximate surface area is 92.0 Å². The summed E-state index contributed by atoms with van der Waals surface area (Å²) in [6.07, 6.45) is 3.40. The van der Waals surface area contributed by atoms with Gasteiger partial charge in [-0.05, 0) is 33.2 Å². The molecule has 1 aliphatic rings. The predicted molar refractivity (Wildman–Crippen MR) is 59.9 cm³/mol. The van der Waals surface area contributed by atoms with Gasteiger partial charge in [-0.25, -0.2) is 4.79 Å². The summed E-state index contributed by atoms with van der Waals surface area (Å²) < 4.78 is 5.25. The van der Waals surface area contributed by atoms with Crippen molar-refractivity contribution in [3.63, 3.8) is 0 Å². The van der Waals surface area contributed by atoms with Crippen molar-refractivity contribution in [2.75, 3.05) is 26.2 Å². The number of ether oxygens (including phenoxy) is 1. The highest BCUT2D eigenvalue weighted by molar-refractivity contribution is 5.67. The second kappa shape index (κ2) is 6.67. The number of hydrogen-bond donors (Lipinski definition) is 1. The Balaban J connectivity index is 2.20. The Morgan fingerprint density at radius 2 is 2.13 bits per heavy atom. The highest BCUT2D eigenvalue weighted by Crippen LogP contribution is 2.07. The number of amides is 1. The van der Waals surface area contributed by atoms with Gasteiger partial charge < -0.3 is 15.0 Å². The summed E-state index contributed by atoms with van der Waals surface area (Å²) in [6.45, 7) is 6.91. The first kappa shape index (κ1) is 12.3. The lowest BCUT2D eigenvalue weighted by Crippen LogP contribution is -2.40. The van der Waals surface area contributed by atoms with Crippen LogP contribution < -0.4 is 5.32 Å². The lowest BCUT2D eigenvalue weighted by atomic mass is 10.1. The fraction of sp³-hybridized carbons (Fsp3) is 0.909. The van der Waals surface area contributed by atoms with Crippen molar-refractivity contribution in [3.05, 3.63) is 0 Å². The fourth-order valence-electron chi connectivity index (χ4n) is 1.81. The zero-order valence-electron chi connectivity index (χ0n) is 9.79. The van der Waals surface area contributed by atoms with Gasteiger partial charge in [-0.2, -0.15) is 0 Å². The number of nitrogens with zero attached hydrogens (tertiary/aromatic N) is 1. The number of carbonyl (C=O) groups excluding carboxylic acids is 1. The lowest BCUT2D eigenvalue weighted by Gasteiger charge is -2.25. The molecule has 1 aliphatic heterocycles. The molecular weight excluding hydrogens is 192 g/mol. The topological polar surface area (TPSA) is 41.6 Å². The van der Waals surface area contributed by atoms with E-state index in [9.17, 15) is 4.79 Å². The molecular formula is C11H22N2O2. The minimum atomic E-state index is -0.188. The maximum Gasteiger partial charge on any atom is 0.409 e. The van der Waals surface area contributed by atoms with Crippen molar-refractivity contribution in [2.24, 2.45) is 0 Å². The van der Waals surface area contributed by atoms with Gasteiger partial charge in [-0.1, -0.05) is 6.42 Å². The van der Waals surface area contributed by atoms with Crippen LogP contribution in [0.2, 0.25) is 0 Å². The van der Waals surface area contributed by atoms with Crippen LogP contribution in [0.1, 0.15) is 33.1 Å². The predicted octanol–water partition coefficient (Wildman–Crippen LogP) is 1.61. The van der Waals surface area contributed by atoms with Crippen LogP contribution in [0.25, 0.3) is 0 Å². The summed E-state index contributed by atoms with van der Waals surface area (Å²) in [6, 6.07) is 0.360. The van der Waals surface area contributed by atoms with E-state index in [1.165, 1.54) is 12.8 Å². The van der Waals surface area contributed by atoms with Gasteiger partial charge in [-0.15, -0.1) is 0 Å². The third-order valence-electron chi connectivity index (χ3n) is 2.84. The van der Waals surface area contributed by atoms with Gasteiger partial charge in [0.25, 0.3) is 0 Å². The van der Waals surface area contributed by atoms with E-state index in [1.807, 2.05) is 13.8 Å². The van der Waals surface area contributed by atoms with E-state index in [0.29, 0.717) is 25.7 Å². The molecule has 0 aliphatic carbocycles. The van der Waals surface area contributed by atoms with Crippen LogP contribution in [0.15, 0.2) is 0 Å². The molecule has 0 spiro atoms. The lowest BCUT2D eigenvalue weighted by molar-refractivity contribution is 0.0926. The van der Waals surface area contributed by atoms with Crippen molar-refractivity contribution < 1.29 is 9.53 Å². The van der Waals surface area contributed by atoms with Gasteiger partial charge in [0.1, 0.15) is 6.61 Å². The highest BCUT2D eigenvalue weighted by Gasteiger charge is 2.16. The second-order valence-electron chi connectivity index (χ2n) is 3.90. The summed E-state index contributed by atoms with van der Waals surface area (Å²) in [5, 5.41) is 3.35. The summed E-state index contributed by atoms with van der Waals surface area (Å²) >= 11 is 0. The Bertz CT molecular complexity index is 187. The normalized spacial score (nSPS) is 21.1. The molecule has 0 bridgehead atoms. The molecule has 0 radical (unpaired) electrons. The highest BCUT2D eigenvalue weighted by atomic mass is 16.6. The van der Waals surface area contributed by atoms with Crippen molar-refractivity contribution in [1.82, 2.24) is 10.2 Å². The molecule has 1 saturated heterocycles. The average molecular weight is 214 g/mol. The maximum absolute atomic E-state index is 11.5. The fourth-order valence-corrected chi connectivity index (χ4v) is 1.81. The smallest absolute Gasteiger partial charge is 0.409 e. The van der Waals surface area contributed by atoms with E-state index in [1.54, 1.807) is 4.90 Å². The Hall–Kier alpha value is -0.770. The largest absolute Gasteiger partial charge is 0.448 e. The zero-order chi connectivity index (χ0) is 11.1. The van der Waals surface area contributed by atoms with Crippen molar-refractivity contribution in [1.29, 1.82) is 0 Å². The first-order chi connectivity index (χ1) is 7.27. The molecule has 4 nitrogen and oxygen atoms in total. The molecule has 0 saturated carbocycles. The number of piperidine rings is 1. The molecule has 4 heteroatoms. The van der Waals surface area contributed by atoms with Crippen LogP contribution in [-0.2, 0) is 4.74 Å². The Kier molecular flexibility index (Phi) is 5.47. The molecule has 1 rings (SSSR count). The molecule has 1 atom stereocenters. The molecule has 1 N–H and O–H groups in total.